The lowest BCUT2D eigenvalue weighted by molar-refractivity contribution is -0.114. The van der Waals surface area contributed by atoms with E-state index in [0.717, 1.165) is 5.57 Å². The van der Waals surface area contributed by atoms with Crippen molar-refractivity contribution >= 4 is 5.78 Å². The maximum atomic E-state index is 11.6. The van der Waals surface area contributed by atoms with Crippen molar-refractivity contribution in [1.82, 2.24) is 14.9 Å². The molecule has 1 rings (SSSR count). The number of nitrogens with zero attached hydrogens (tertiary/aromatic N) is 6. The fraction of sp³-hybridized carbons (Fsp3) is 0.192. The van der Waals surface area contributed by atoms with Crippen LogP contribution >= 0.6 is 0 Å². The molecule has 7 nitrogen and oxygen atoms in total. The van der Waals surface area contributed by atoms with Crippen molar-refractivity contribution in [2.45, 2.75) is 27.2 Å². The molecule has 1 aromatic heterocycles. The quantitative estimate of drug-likeness (QED) is 0.263. The highest BCUT2D eigenvalue weighted by Crippen LogP contribution is 2.24. The first-order valence-corrected chi connectivity index (χ1v) is 10.2. The average molecular weight is 441 g/mol. The Kier molecular flexibility index (Phi) is 11.1. The van der Waals surface area contributed by atoms with Gasteiger partial charge < -0.3 is 0 Å². The van der Waals surface area contributed by atoms with Crippen LogP contribution in [0.15, 0.2) is 108 Å². The third-order valence-electron chi connectivity index (χ3n) is 4.46. The largest absolute Gasteiger partial charge is 0.295 e. The Labute approximate surface area is 195 Å². The molecule has 0 aromatic carbocycles. The summed E-state index contributed by atoms with van der Waals surface area (Å²) < 4.78 is 1.64. The van der Waals surface area contributed by atoms with E-state index in [9.17, 15) is 10.1 Å². The number of allylic oxidation sites excluding steroid dienone is 10. The molecule has 0 aliphatic carbocycles. The van der Waals surface area contributed by atoms with E-state index in [1.165, 1.54) is 18.7 Å². The normalized spacial score (nSPS) is 12.5. The van der Waals surface area contributed by atoms with E-state index in [-0.39, 0.29) is 5.78 Å². The first-order valence-electron chi connectivity index (χ1n) is 10.2. The van der Waals surface area contributed by atoms with Crippen molar-refractivity contribution in [2.24, 2.45) is 0 Å². The predicted molar refractivity (Wildman–Crippen MR) is 131 cm³/mol. The maximum Gasteiger partial charge on any atom is 0.155 e. The van der Waals surface area contributed by atoms with Gasteiger partial charge in [-0.25, -0.2) is 4.68 Å². The summed E-state index contributed by atoms with van der Waals surface area (Å²) in [6.07, 6.45) is 15.2. The van der Waals surface area contributed by atoms with Crippen LogP contribution in [-0.4, -0.2) is 27.2 Å². The molecule has 1 aromatic rings. The van der Waals surface area contributed by atoms with Gasteiger partial charge >= 0.3 is 0 Å². The predicted octanol–water partition coefficient (Wildman–Crippen LogP) is 4.80. The van der Waals surface area contributed by atoms with Gasteiger partial charge in [0, 0.05) is 17.6 Å². The Morgan fingerprint density at radius 1 is 1.03 bits per heavy atom. The monoisotopic (exact) mass is 440 g/mol. The smallest absolute Gasteiger partial charge is 0.155 e. The maximum absolute atomic E-state index is 11.6. The van der Waals surface area contributed by atoms with Crippen LogP contribution in [0.3, 0.4) is 0 Å². The van der Waals surface area contributed by atoms with Crippen molar-refractivity contribution in [1.29, 1.82) is 10.5 Å². The number of hydrogen-bond acceptors (Lipinski definition) is 6. The molecule has 0 aliphatic heterocycles. The molecule has 0 fully saturated rings. The Morgan fingerprint density at radius 2 is 1.70 bits per heavy atom. The van der Waals surface area contributed by atoms with Crippen molar-refractivity contribution in [2.75, 3.05) is 11.6 Å². The average Bonchev–Trinajstić information content (AvgIpc) is 3.36. The summed E-state index contributed by atoms with van der Waals surface area (Å²) in [4.78, 5) is 11.6. The number of nitriles is 2. The molecule has 0 saturated carbocycles. The van der Waals surface area contributed by atoms with Gasteiger partial charge in [-0.1, -0.05) is 51.0 Å². The molecule has 1 heterocycles. The Bertz CT molecular complexity index is 1130. The van der Waals surface area contributed by atoms with Crippen molar-refractivity contribution in [3.8, 4) is 12.1 Å². The number of carbonyl (C=O) groups is 1. The zero-order valence-electron chi connectivity index (χ0n) is 19.3. The Morgan fingerprint density at radius 3 is 2.21 bits per heavy atom. The fourth-order valence-electron chi connectivity index (χ4n) is 2.63. The van der Waals surface area contributed by atoms with Crippen molar-refractivity contribution in [3.63, 3.8) is 0 Å². The van der Waals surface area contributed by atoms with Crippen LogP contribution in [0, 0.1) is 22.7 Å². The minimum absolute atomic E-state index is 0.00298. The molecule has 0 atom stereocenters. The molecule has 0 bridgehead atoms. The summed E-state index contributed by atoms with van der Waals surface area (Å²) in [5.41, 5.74) is 3.27. The van der Waals surface area contributed by atoms with Crippen LogP contribution in [0.2, 0.25) is 0 Å². The third-order valence-corrected chi connectivity index (χ3v) is 4.46. The summed E-state index contributed by atoms with van der Waals surface area (Å²) in [5, 5.41) is 28.2. The molecule has 7 heteroatoms. The summed E-state index contributed by atoms with van der Waals surface area (Å²) in [5.74, 6) is 0.00298. The number of rotatable bonds is 12. The molecule has 0 amide bonds. The fourth-order valence-corrected chi connectivity index (χ4v) is 2.63. The molecule has 168 valence electrons. The van der Waals surface area contributed by atoms with Crippen LogP contribution in [0.25, 0.3) is 0 Å². The highest BCUT2D eigenvalue weighted by atomic mass is 16.1. The van der Waals surface area contributed by atoms with Gasteiger partial charge in [-0.05, 0) is 43.2 Å². The highest BCUT2D eigenvalue weighted by molar-refractivity contribution is 5.89. The minimum atomic E-state index is 0.00298. The molecule has 0 unspecified atom stereocenters. The SMILES string of the molecule is C=C(C#N)C=CC(=CC)C(=CC(=C)N(CC(=C)/C=C\C(=O)CC)n1cnnc1)C(C#N)=CC. The minimum Gasteiger partial charge on any atom is -0.295 e. The van der Waals surface area contributed by atoms with Gasteiger partial charge in [-0.3, -0.25) is 9.80 Å². The summed E-state index contributed by atoms with van der Waals surface area (Å²) in [6, 6.07) is 4.17. The van der Waals surface area contributed by atoms with Crippen LogP contribution < -0.4 is 5.01 Å². The van der Waals surface area contributed by atoms with Crippen LogP contribution in [0.4, 0.5) is 0 Å². The molecule has 0 radical (unpaired) electrons. The number of carbonyl (C=O) groups excluding carboxylic acids is 1. The number of aromatic nitrogens is 3. The van der Waals surface area contributed by atoms with Crippen molar-refractivity contribution < 1.29 is 4.79 Å². The highest BCUT2D eigenvalue weighted by Gasteiger charge is 2.14. The van der Waals surface area contributed by atoms with E-state index in [2.05, 4.69) is 36.0 Å². The third kappa shape index (κ3) is 8.28. The molecule has 0 spiro atoms. The Hall–Kier alpha value is -4.49. The molecular weight excluding hydrogens is 412 g/mol. The van der Waals surface area contributed by atoms with Gasteiger partial charge in [-0.15, -0.1) is 10.2 Å². The zero-order valence-corrected chi connectivity index (χ0v) is 19.3. The van der Waals surface area contributed by atoms with E-state index in [1.807, 2.05) is 19.1 Å². The molecule has 0 aliphatic rings. The van der Waals surface area contributed by atoms with Crippen LogP contribution in [0.5, 0.6) is 0 Å². The lowest BCUT2D eigenvalue weighted by atomic mass is 9.96. The van der Waals surface area contributed by atoms with Gasteiger partial charge in [-0.2, -0.15) is 10.5 Å². The van der Waals surface area contributed by atoms with Gasteiger partial charge in [0.15, 0.2) is 5.78 Å². The van der Waals surface area contributed by atoms with E-state index in [1.54, 1.807) is 53.9 Å². The van der Waals surface area contributed by atoms with Crippen LogP contribution in [0.1, 0.15) is 27.2 Å². The van der Waals surface area contributed by atoms with E-state index in [0.29, 0.717) is 41.0 Å². The molecule has 0 saturated heterocycles. The van der Waals surface area contributed by atoms with E-state index >= 15 is 0 Å². The second-order valence-corrected chi connectivity index (χ2v) is 6.79. The second-order valence-electron chi connectivity index (χ2n) is 6.79. The van der Waals surface area contributed by atoms with Gasteiger partial charge in [0.2, 0.25) is 0 Å². The summed E-state index contributed by atoms with van der Waals surface area (Å²) in [7, 11) is 0. The zero-order chi connectivity index (χ0) is 24.8. The first-order chi connectivity index (χ1) is 15.8. The van der Waals surface area contributed by atoms with Gasteiger partial charge in [0.05, 0.1) is 30.0 Å². The summed E-state index contributed by atoms with van der Waals surface area (Å²) >= 11 is 0. The van der Waals surface area contributed by atoms with E-state index < -0.39 is 0 Å². The van der Waals surface area contributed by atoms with Crippen molar-refractivity contribution in [3.05, 3.63) is 108 Å². The molecule has 0 N–H and O–H groups in total. The van der Waals surface area contributed by atoms with Crippen LogP contribution in [-0.2, 0) is 4.79 Å². The topological polar surface area (TPSA) is 98.6 Å². The van der Waals surface area contributed by atoms with E-state index in [4.69, 9.17) is 5.26 Å². The molecule has 33 heavy (non-hydrogen) atoms. The molecular formula is C26H28N6O. The second kappa shape index (κ2) is 13.7. The van der Waals surface area contributed by atoms with Gasteiger partial charge in [0.1, 0.15) is 12.7 Å². The number of hydrogen-bond donors (Lipinski definition) is 0. The standard InChI is InChI=1S/C26H28N6O/c1-7-23(12-10-20(4)15-27)26(24(8-2)16-28)14-22(6)32(31-18-29-30-19-31)17-21(5)11-13-25(33)9-3/h7-8,10-14,18-19H,4-6,9,17H2,1-3H3/b12-10?,13-11-,23-7?,24-8?,26-14?. The Balaban J connectivity index is 3.44. The lowest BCUT2D eigenvalue weighted by Gasteiger charge is -2.26. The van der Waals surface area contributed by atoms with Gasteiger partial charge in [0.25, 0.3) is 0 Å². The lowest BCUT2D eigenvalue weighted by Crippen LogP contribution is -2.33. The first kappa shape index (κ1) is 26.5. The number of ketones is 1. The summed E-state index contributed by atoms with van der Waals surface area (Å²) in [6.45, 7) is 17.6.